The maximum atomic E-state index is 6.13. The van der Waals surface area contributed by atoms with Crippen LogP contribution < -0.4 is 5.73 Å². The average Bonchev–Trinajstić information content (AvgIpc) is 2.73. The lowest BCUT2D eigenvalue weighted by molar-refractivity contribution is 0.670. The molecule has 2 aromatic heterocycles. The number of hydrogen-bond donors (Lipinski definition) is 1. The molecule has 2 rings (SSSR count). The Morgan fingerprint density at radius 2 is 2.07 bits per heavy atom. The molecule has 0 amide bonds. The van der Waals surface area contributed by atoms with E-state index in [9.17, 15) is 0 Å². The van der Waals surface area contributed by atoms with Crippen LogP contribution in [0.2, 0.25) is 0 Å². The SMILES string of the molecule is Cn1cc(C(N)c2c(Br)cnn2C)cn1. The molecular weight excluding hydrogens is 258 g/mol. The van der Waals surface area contributed by atoms with Gasteiger partial charge in [0.05, 0.1) is 28.6 Å². The Balaban J connectivity index is 2.40. The van der Waals surface area contributed by atoms with Gasteiger partial charge < -0.3 is 5.73 Å². The first-order valence-electron chi connectivity index (χ1n) is 4.51. The number of nitrogens with zero attached hydrogens (tertiary/aromatic N) is 4. The van der Waals surface area contributed by atoms with Gasteiger partial charge in [-0.15, -0.1) is 0 Å². The lowest BCUT2D eigenvalue weighted by Crippen LogP contribution is -2.16. The Morgan fingerprint density at radius 1 is 1.33 bits per heavy atom. The van der Waals surface area contributed by atoms with E-state index in [1.807, 2.05) is 20.3 Å². The van der Waals surface area contributed by atoms with Crippen molar-refractivity contribution in [2.24, 2.45) is 19.8 Å². The molecule has 0 saturated heterocycles. The van der Waals surface area contributed by atoms with Crippen molar-refractivity contribution in [3.63, 3.8) is 0 Å². The van der Waals surface area contributed by atoms with Crippen molar-refractivity contribution in [3.8, 4) is 0 Å². The Bertz CT molecular complexity index is 453. The minimum absolute atomic E-state index is 0.208. The van der Waals surface area contributed by atoms with Crippen molar-refractivity contribution in [3.05, 3.63) is 34.3 Å². The highest BCUT2D eigenvalue weighted by molar-refractivity contribution is 9.10. The Hall–Kier alpha value is -1.14. The summed E-state index contributed by atoms with van der Waals surface area (Å²) < 4.78 is 4.42. The van der Waals surface area contributed by atoms with E-state index in [0.29, 0.717) is 0 Å². The van der Waals surface area contributed by atoms with Crippen LogP contribution in [0.4, 0.5) is 0 Å². The van der Waals surface area contributed by atoms with Crippen LogP contribution in [0.15, 0.2) is 23.1 Å². The van der Waals surface area contributed by atoms with E-state index < -0.39 is 0 Å². The zero-order valence-corrected chi connectivity index (χ0v) is 10.1. The molecule has 2 N–H and O–H groups in total. The Morgan fingerprint density at radius 3 is 2.53 bits per heavy atom. The van der Waals surface area contributed by atoms with Gasteiger partial charge >= 0.3 is 0 Å². The van der Waals surface area contributed by atoms with Crippen molar-refractivity contribution in [1.82, 2.24) is 19.6 Å². The smallest absolute Gasteiger partial charge is 0.0765 e. The molecule has 0 spiro atoms. The zero-order valence-electron chi connectivity index (χ0n) is 8.55. The quantitative estimate of drug-likeness (QED) is 0.884. The van der Waals surface area contributed by atoms with Crippen LogP contribution in [0.25, 0.3) is 0 Å². The van der Waals surface area contributed by atoms with Crippen LogP contribution in [0.5, 0.6) is 0 Å². The fraction of sp³-hybridized carbons (Fsp3) is 0.333. The maximum Gasteiger partial charge on any atom is 0.0765 e. The summed E-state index contributed by atoms with van der Waals surface area (Å²) in [4.78, 5) is 0. The largest absolute Gasteiger partial charge is 0.319 e. The number of nitrogens with two attached hydrogens (primary N) is 1. The fourth-order valence-corrected chi connectivity index (χ4v) is 2.12. The summed E-state index contributed by atoms with van der Waals surface area (Å²) in [6, 6.07) is -0.208. The third-order valence-corrected chi connectivity index (χ3v) is 2.93. The van der Waals surface area contributed by atoms with E-state index in [-0.39, 0.29) is 6.04 Å². The molecule has 5 nitrogen and oxygen atoms in total. The van der Waals surface area contributed by atoms with Gasteiger partial charge in [0.2, 0.25) is 0 Å². The van der Waals surface area contributed by atoms with Crippen molar-refractivity contribution < 1.29 is 0 Å². The molecule has 0 radical (unpaired) electrons. The highest BCUT2D eigenvalue weighted by atomic mass is 79.9. The number of hydrogen-bond acceptors (Lipinski definition) is 3. The highest BCUT2D eigenvalue weighted by Crippen LogP contribution is 2.25. The Kier molecular flexibility index (Phi) is 2.62. The lowest BCUT2D eigenvalue weighted by Gasteiger charge is -2.10. The first kappa shape index (κ1) is 10.4. The van der Waals surface area contributed by atoms with Gasteiger partial charge in [0, 0.05) is 25.9 Å². The molecule has 0 aliphatic rings. The van der Waals surface area contributed by atoms with E-state index >= 15 is 0 Å². The van der Waals surface area contributed by atoms with Crippen molar-refractivity contribution in [2.75, 3.05) is 0 Å². The first-order valence-corrected chi connectivity index (χ1v) is 5.30. The van der Waals surface area contributed by atoms with Gasteiger partial charge in [0.1, 0.15) is 0 Å². The molecule has 0 bridgehead atoms. The van der Waals surface area contributed by atoms with Crippen molar-refractivity contribution in [2.45, 2.75) is 6.04 Å². The molecule has 2 heterocycles. The van der Waals surface area contributed by atoms with Crippen molar-refractivity contribution in [1.29, 1.82) is 0 Å². The summed E-state index contributed by atoms with van der Waals surface area (Å²) in [5.41, 5.74) is 8.05. The van der Waals surface area contributed by atoms with Gasteiger partial charge in [-0.1, -0.05) is 0 Å². The lowest BCUT2D eigenvalue weighted by atomic mass is 10.1. The monoisotopic (exact) mass is 269 g/mol. The van der Waals surface area contributed by atoms with Gasteiger partial charge in [0.15, 0.2) is 0 Å². The van der Waals surface area contributed by atoms with Gasteiger partial charge in [-0.3, -0.25) is 9.36 Å². The average molecular weight is 270 g/mol. The predicted molar refractivity (Wildman–Crippen MR) is 60.1 cm³/mol. The number of rotatable bonds is 2. The summed E-state index contributed by atoms with van der Waals surface area (Å²) in [7, 11) is 3.74. The standard InChI is InChI=1S/C9H12BrN5/c1-14-5-6(3-12-14)8(11)9-7(10)4-13-15(9)2/h3-5,8H,11H2,1-2H3. The number of halogens is 1. The third-order valence-electron chi connectivity index (χ3n) is 2.32. The highest BCUT2D eigenvalue weighted by Gasteiger charge is 2.17. The normalized spacial score (nSPS) is 13.1. The minimum atomic E-state index is -0.208. The van der Waals surface area contributed by atoms with Crippen LogP contribution >= 0.6 is 15.9 Å². The van der Waals surface area contributed by atoms with E-state index in [1.165, 1.54) is 0 Å². The Labute approximate surface area is 96.0 Å². The van der Waals surface area contributed by atoms with E-state index in [0.717, 1.165) is 15.7 Å². The van der Waals surface area contributed by atoms with Crippen LogP contribution in [0.1, 0.15) is 17.3 Å². The number of aryl methyl sites for hydroxylation is 2. The van der Waals surface area contributed by atoms with Gasteiger partial charge in [0.25, 0.3) is 0 Å². The van der Waals surface area contributed by atoms with E-state index in [4.69, 9.17) is 5.73 Å². The molecule has 2 aromatic rings. The summed E-state index contributed by atoms with van der Waals surface area (Å²) in [6.45, 7) is 0. The molecule has 15 heavy (non-hydrogen) atoms. The summed E-state index contributed by atoms with van der Waals surface area (Å²) in [6.07, 6.45) is 5.42. The van der Waals surface area contributed by atoms with Gasteiger partial charge in [-0.2, -0.15) is 10.2 Å². The summed E-state index contributed by atoms with van der Waals surface area (Å²) in [5, 5.41) is 8.23. The predicted octanol–water partition coefficient (Wildman–Crippen LogP) is 0.964. The second kappa shape index (κ2) is 3.79. The molecule has 1 atom stereocenters. The maximum absolute atomic E-state index is 6.13. The van der Waals surface area contributed by atoms with Gasteiger partial charge in [-0.25, -0.2) is 0 Å². The molecule has 0 aromatic carbocycles. The van der Waals surface area contributed by atoms with Crippen LogP contribution in [0.3, 0.4) is 0 Å². The topological polar surface area (TPSA) is 61.7 Å². The van der Waals surface area contributed by atoms with E-state index in [2.05, 4.69) is 26.1 Å². The first-order chi connectivity index (χ1) is 7.09. The molecule has 6 heteroatoms. The third kappa shape index (κ3) is 1.82. The number of aromatic nitrogens is 4. The molecule has 0 fully saturated rings. The summed E-state index contributed by atoms with van der Waals surface area (Å²) >= 11 is 3.43. The fourth-order valence-electron chi connectivity index (χ4n) is 1.53. The second-order valence-electron chi connectivity index (χ2n) is 3.43. The molecule has 0 aliphatic carbocycles. The van der Waals surface area contributed by atoms with E-state index in [1.54, 1.807) is 21.8 Å². The molecule has 80 valence electrons. The van der Waals surface area contributed by atoms with Crippen LogP contribution in [-0.4, -0.2) is 19.6 Å². The zero-order chi connectivity index (χ0) is 11.0. The minimum Gasteiger partial charge on any atom is -0.319 e. The van der Waals surface area contributed by atoms with Crippen LogP contribution in [-0.2, 0) is 14.1 Å². The summed E-state index contributed by atoms with van der Waals surface area (Å²) in [5.74, 6) is 0. The molecule has 0 saturated carbocycles. The van der Waals surface area contributed by atoms with Gasteiger partial charge in [-0.05, 0) is 15.9 Å². The second-order valence-corrected chi connectivity index (χ2v) is 4.28. The van der Waals surface area contributed by atoms with Crippen LogP contribution in [0, 0.1) is 0 Å². The van der Waals surface area contributed by atoms with Crippen molar-refractivity contribution >= 4 is 15.9 Å². The molecule has 1 unspecified atom stereocenters. The molecule has 0 aliphatic heterocycles. The molecular formula is C9H12BrN5.